The number of H-pyrrole nitrogens is 1. The van der Waals surface area contributed by atoms with Crippen LogP contribution in [-0.2, 0) is 17.8 Å². The maximum atomic E-state index is 11.5. The molecule has 4 nitrogen and oxygen atoms in total. The van der Waals surface area contributed by atoms with E-state index < -0.39 is 0 Å². The first-order valence-corrected chi connectivity index (χ1v) is 5.81. The first-order chi connectivity index (χ1) is 8.69. The Morgan fingerprint density at radius 2 is 2.11 bits per heavy atom. The molecule has 0 fully saturated rings. The Bertz CT molecular complexity index is 590. The van der Waals surface area contributed by atoms with E-state index in [2.05, 4.69) is 9.97 Å². The summed E-state index contributed by atoms with van der Waals surface area (Å²) in [4.78, 5) is 18.6. The van der Waals surface area contributed by atoms with E-state index in [9.17, 15) is 4.79 Å². The summed E-state index contributed by atoms with van der Waals surface area (Å²) >= 11 is 0. The van der Waals surface area contributed by atoms with Gasteiger partial charge in [0.25, 0.3) is 5.56 Å². The molecule has 0 radical (unpaired) electrons. The number of nitrogens with zero attached hydrogens (tertiary/aromatic N) is 1. The van der Waals surface area contributed by atoms with Gasteiger partial charge in [0, 0.05) is 19.6 Å². The molecule has 0 saturated carbocycles. The van der Waals surface area contributed by atoms with Crippen LogP contribution in [0, 0.1) is 6.92 Å². The van der Waals surface area contributed by atoms with E-state index in [1.807, 2.05) is 31.2 Å². The Morgan fingerprint density at radius 3 is 2.83 bits per heavy atom. The molecule has 1 aromatic heterocycles. The summed E-state index contributed by atoms with van der Waals surface area (Å²) in [6.45, 7) is 2.40. The molecule has 0 saturated heterocycles. The monoisotopic (exact) mass is 244 g/mol. The summed E-state index contributed by atoms with van der Waals surface area (Å²) in [5.41, 5.74) is 2.87. The van der Waals surface area contributed by atoms with Crippen LogP contribution in [-0.4, -0.2) is 17.1 Å². The van der Waals surface area contributed by atoms with Crippen LogP contribution in [0.15, 0.2) is 35.1 Å². The van der Waals surface area contributed by atoms with Gasteiger partial charge in [-0.3, -0.25) is 4.79 Å². The molecule has 18 heavy (non-hydrogen) atoms. The molecule has 2 rings (SSSR count). The lowest BCUT2D eigenvalue weighted by Crippen LogP contribution is -2.13. The fourth-order valence-corrected chi connectivity index (χ4v) is 1.86. The van der Waals surface area contributed by atoms with E-state index >= 15 is 0 Å². The highest BCUT2D eigenvalue weighted by Crippen LogP contribution is 2.10. The number of methoxy groups -OCH3 is 1. The first-order valence-electron chi connectivity index (χ1n) is 5.81. The molecule has 4 heteroatoms. The van der Waals surface area contributed by atoms with Crippen LogP contribution in [0.2, 0.25) is 0 Å². The predicted molar refractivity (Wildman–Crippen MR) is 69.6 cm³/mol. The van der Waals surface area contributed by atoms with Crippen molar-refractivity contribution in [1.29, 1.82) is 0 Å². The highest BCUT2D eigenvalue weighted by atomic mass is 16.5. The number of aryl methyl sites for hydroxylation is 1. The SMILES string of the molecule is COCc1cc(=O)[nH]c(Cc2ccccc2C)n1. The minimum absolute atomic E-state index is 0.138. The van der Waals surface area contributed by atoms with Crippen molar-refractivity contribution in [3.8, 4) is 0 Å². The van der Waals surface area contributed by atoms with Crippen LogP contribution >= 0.6 is 0 Å². The van der Waals surface area contributed by atoms with E-state index in [4.69, 9.17) is 4.74 Å². The van der Waals surface area contributed by atoms with Gasteiger partial charge in [-0.1, -0.05) is 24.3 Å². The van der Waals surface area contributed by atoms with Gasteiger partial charge < -0.3 is 9.72 Å². The van der Waals surface area contributed by atoms with E-state index in [0.717, 1.165) is 5.56 Å². The highest BCUT2D eigenvalue weighted by Gasteiger charge is 2.04. The maximum Gasteiger partial charge on any atom is 0.251 e. The zero-order valence-corrected chi connectivity index (χ0v) is 10.6. The third-order valence-electron chi connectivity index (χ3n) is 2.76. The largest absolute Gasteiger partial charge is 0.378 e. The van der Waals surface area contributed by atoms with Gasteiger partial charge in [0.2, 0.25) is 0 Å². The van der Waals surface area contributed by atoms with E-state index in [0.29, 0.717) is 24.5 Å². The van der Waals surface area contributed by atoms with Crippen molar-refractivity contribution in [3.05, 3.63) is 63.3 Å². The molecule has 0 aliphatic carbocycles. The van der Waals surface area contributed by atoms with Crippen molar-refractivity contribution in [2.75, 3.05) is 7.11 Å². The molecule has 0 unspecified atom stereocenters. The molecule has 1 aromatic carbocycles. The molecule has 1 N–H and O–H groups in total. The van der Waals surface area contributed by atoms with Crippen LogP contribution in [0.3, 0.4) is 0 Å². The first kappa shape index (κ1) is 12.5. The topological polar surface area (TPSA) is 55.0 Å². The number of hydrogen-bond donors (Lipinski definition) is 1. The Morgan fingerprint density at radius 1 is 1.33 bits per heavy atom. The summed E-state index contributed by atoms with van der Waals surface area (Å²) < 4.78 is 5.00. The van der Waals surface area contributed by atoms with Gasteiger partial charge in [-0.25, -0.2) is 4.98 Å². The van der Waals surface area contributed by atoms with Crippen LogP contribution in [0.4, 0.5) is 0 Å². The molecule has 0 spiro atoms. The minimum Gasteiger partial charge on any atom is -0.378 e. The smallest absolute Gasteiger partial charge is 0.251 e. The summed E-state index contributed by atoms with van der Waals surface area (Å²) in [5, 5.41) is 0. The number of hydrogen-bond acceptors (Lipinski definition) is 3. The van der Waals surface area contributed by atoms with Crippen LogP contribution in [0.1, 0.15) is 22.6 Å². The number of benzene rings is 1. The molecule has 0 atom stereocenters. The van der Waals surface area contributed by atoms with Gasteiger partial charge in [0.05, 0.1) is 12.3 Å². The fraction of sp³-hybridized carbons (Fsp3) is 0.286. The summed E-state index contributed by atoms with van der Waals surface area (Å²) in [7, 11) is 1.59. The lowest BCUT2D eigenvalue weighted by atomic mass is 10.1. The second-order valence-electron chi connectivity index (χ2n) is 4.22. The average Bonchev–Trinajstić information content (AvgIpc) is 2.32. The number of aromatic amines is 1. The van der Waals surface area contributed by atoms with Crippen molar-refractivity contribution < 1.29 is 4.74 Å². The molecule has 0 aliphatic heterocycles. The van der Waals surface area contributed by atoms with Gasteiger partial charge in [0.15, 0.2) is 0 Å². The third kappa shape index (κ3) is 3.05. The Balaban J connectivity index is 2.29. The Kier molecular flexibility index (Phi) is 3.89. The Hall–Kier alpha value is -1.94. The molecular weight excluding hydrogens is 228 g/mol. The predicted octanol–water partition coefficient (Wildman–Crippen LogP) is 1.82. The van der Waals surface area contributed by atoms with Gasteiger partial charge >= 0.3 is 0 Å². The lowest BCUT2D eigenvalue weighted by molar-refractivity contribution is 0.181. The van der Waals surface area contributed by atoms with Crippen molar-refractivity contribution in [3.63, 3.8) is 0 Å². The summed E-state index contributed by atoms with van der Waals surface area (Å²) in [6, 6.07) is 9.53. The van der Waals surface area contributed by atoms with Gasteiger partial charge in [0.1, 0.15) is 5.82 Å². The number of rotatable bonds is 4. The van der Waals surface area contributed by atoms with Crippen molar-refractivity contribution in [2.24, 2.45) is 0 Å². The second kappa shape index (κ2) is 5.60. The summed E-state index contributed by atoms with van der Waals surface area (Å²) in [5.74, 6) is 0.670. The molecule has 0 aliphatic rings. The average molecular weight is 244 g/mol. The zero-order chi connectivity index (χ0) is 13.0. The zero-order valence-electron chi connectivity index (χ0n) is 10.6. The van der Waals surface area contributed by atoms with Crippen LogP contribution in [0.25, 0.3) is 0 Å². The minimum atomic E-state index is -0.138. The molecule has 0 amide bonds. The van der Waals surface area contributed by atoms with Gasteiger partial charge in [-0.05, 0) is 18.1 Å². The highest BCUT2D eigenvalue weighted by molar-refractivity contribution is 5.28. The van der Waals surface area contributed by atoms with Gasteiger partial charge in [-0.15, -0.1) is 0 Å². The third-order valence-corrected chi connectivity index (χ3v) is 2.76. The molecular formula is C14H16N2O2. The lowest BCUT2D eigenvalue weighted by Gasteiger charge is -2.06. The Labute approximate surface area is 106 Å². The number of ether oxygens (including phenoxy) is 1. The van der Waals surface area contributed by atoms with Crippen molar-refractivity contribution in [2.45, 2.75) is 20.0 Å². The standard InChI is InChI=1S/C14H16N2O2/c1-10-5-3-4-6-11(10)7-13-15-12(9-18-2)8-14(17)16-13/h3-6,8H,7,9H2,1-2H3,(H,15,16,17). The van der Waals surface area contributed by atoms with Crippen LogP contribution in [0.5, 0.6) is 0 Å². The van der Waals surface area contributed by atoms with Gasteiger partial charge in [-0.2, -0.15) is 0 Å². The van der Waals surface area contributed by atoms with E-state index in [1.165, 1.54) is 11.6 Å². The number of aromatic nitrogens is 2. The molecule has 0 bridgehead atoms. The van der Waals surface area contributed by atoms with E-state index in [1.54, 1.807) is 7.11 Å². The van der Waals surface area contributed by atoms with Crippen molar-refractivity contribution >= 4 is 0 Å². The van der Waals surface area contributed by atoms with E-state index in [-0.39, 0.29) is 5.56 Å². The number of nitrogens with one attached hydrogen (secondary N) is 1. The molecule has 2 aromatic rings. The molecule has 94 valence electrons. The normalized spacial score (nSPS) is 10.6. The quantitative estimate of drug-likeness (QED) is 0.892. The fourth-order valence-electron chi connectivity index (χ4n) is 1.86. The molecule has 1 heterocycles. The van der Waals surface area contributed by atoms with Crippen LogP contribution < -0.4 is 5.56 Å². The second-order valence-corrected chi connectivity index (χ2v) is 4.22. The summed E-state index contributed by atoms with van der Waals surface area (Å²) in [6.07, 6.45) is 0.624. The van der Waals surface area contributed by atoms with Crippen molar-refractivity contribution in [1.82, 2.24) is 9.97 Å². The maximum absolute atomic E-state index is 11.5.